The quantitative estimate of drug-likeness (QED) is 0.863. The smallest absolute Gasteiger partial charge is 0.243 e. The molecule has 1 saturated heterocycles. The number of nitrogens with two attached hydrogens (primary N) is 1. The van der Waals surface area contributed by atoms with Crippen LogP contribution in [0.3, 0.4) is 0 Å². The van der Waals surface area contributed by atoms with Crippen molar-refractivity contribution in [3.63, 3.8) is 0 Å². The van der Waals surface area contributed by atoms with Gasteiger partial charge in [-0.15, -0.1) is 0 Å². The highest BCUT2D eigenvalue weighted by Gasteiger charge is 2.49. The molecule has 0 spiro atoms. The number of rotatable bonds is 6. The van der Waals surface area contributed by atoms with Gasteiger partial charge in [-0.05, 0) is 18.8 Å². The SMILES string of the molecule is CC(C)CC(=O)N1CCC[C@]1(Cc1cc(-c2ccccc2)no1)C(N)=O. The second kappa shape index (κ2) is 7.32. The molecular formula is C20H25N3O3. The Morgan fingerprint density at radius 1 is 1.31 bits per heavy atom. The molecule has 0 aliphatic carbocycles. The van der Waals surface area contributed by atoms with Crippen LogP contribution >= 0.6 is 0 Å². The molecule has 6 nitrogen and oxygen atoms in total. The van der Waals surface area contributed by atoms with Crippen LogP contribution in [0.2, 0.25) is 0 Å². The number of aromatic nitrogens is 1. The standard InChI is InChI=1S/C20H25N3O3/c1-14(2)11-18(24)23-10-6-9-20(23,19(21)25)13-16-12-17(22-26-16)15-7-4-3-5-8-15/h3-5,7-8,12,14H,6,9-11,13H2,1-2H3,(H2,21,25)/t20-/m0/s1. The van der Waals surface area contributed by atoms with E-state index >= 15 is 0 Å². The van der Waals surface area contributed by atoms with Gasteiger partial charge in [0.15, 0.2) is 0 Å². The first-order valence-electron chi connectivity index (χ1n) is 9.04. The van der Waals surface area contributed by atoms with Gasteiger partial charge in [0.05, 0.1) is 0 Å². The van der Waals surface area contributed by atoms with Crippen LogP contribution in [0.25, 0.3) is 11.3 Å². The molecule has 138 valence electrons. The molecule has 1 aromatic carbocycles. The molecule has 0 bridgehead atoms. The van der Waals surface area contributed by atoms with E-state index in [1.165, 1.54) is 0 Å². The van der Waals surface area contributed by atoms with Gasteiger partial charge in [-0.1, -0.05) is 49.3 Å². The van der Waals surface area contributed by atoms with Gasteiger partial charge in [0.25, 0.3) is 0 Å². The van der Waals surface area contributed by atoms with Crippen LogP contribution in [0.15, 0.2) is 40.9 Å². The molecule has 1 aromatic heterocycles. The predicted octanol–water partition coefficient (Wildman–Crippen LogP) is 2.78. The van der Waals surface area contributed by atoms with Gasteiger partial charge in [-0.25, -0.2) is 0 Å². The molecule has 6 heteroatoms. The minimum atomic E-state index is -1.03. The fraction of sp³-hybridized carbons (Fsp3) is 0.450. The van der Waals surface area contributed by atoms with E-state index in [-0.39, 0.29) is 18.2 Å². The van der Waals surface area contributed by atoms with E-state index < -0.39 is 11.4 Å². The van der Waals surface area contributed by atoms with Crippen molar-refractivity contribution >= 4 is 11.8 Å². The van der Waals surface area contributed by atoms with Gasteiger partial charge in [0.1, 0.15) is 17.0 Å². The van der Waals surface area contributed by atoms with Crippen molar-refractivity contribution in [2.45, 2.75) is 45.1 Å². The molecule has 3 rings (SSSR count). The summed E-state index contributed by atoms with van der Waals surface area (Å²) in [5, 5.41) is 4.11. The van der Waals surface area contributed by atoms with Crippen molar-refractivity contribution in [3.8, 4) is 11.3 Å². The molecule has 2 N–H and O–H groups in total. The van der Waals surface area contributed by atoms with Gasteiger partial charge < -0.3 is 15.2 Å². The van der Waals surface area contributed by atoms with Crippen LogP contribution < -0.4 is 5.73 Å². The van der Waals surface area contributed by atoms with E-state index in [4.69, 9.17) is 10.3 Å². The van der Waals surface area contributed by atoms with Crippen LogP contribution in [0.4, 0.5) is 0 Å². The highest BCUT2D eigenvalue weighted by molar-refractivity contribution is 5.91. The number of nitrogens with zero attached hydrogens (tertiary/aromatic N) is 2. The average Bonchev–Trinajstić information content (AvgIpc) is 3.23. The van der Waals surface area contributed by atoms with E-state index in [0.29, 0.717) is 30.8 Å². The van der Waals surface area contributed by atoms with E-state index in [0.717, 1.165) is 12.0 Å². The zero-order chi connectivity index (χ0) is 18.7. The molecule has 0 radical (unpaired) electrons. The Kier molecular flexibility index (Phi) is 5.11. The van der Waals surface area contributed by atoms with Crippen LogP contribution in [0, 0.1) is 5.92 Å². The minimum absolute atomic E-state index is 0.0286. The first kappa shape index (κ1) is 18.2. The topological polar surface area (TPSA) is 89.4 Å². The number of hydrogen-bond acceptors (Lipinski definition) is 4. The molecule has 1 fully saturated rings. The van der Waals surface area contributed by atoms with Crippen molar-refractivity contribution in [1.29, 1.82) is 0 Å². The maximum atomic E-state index is 12.7. The maximum Gasteiger partial charge on any atom is 0.243 e. The summed E-state index contributed by atoms with van der Waals surface area (Å²) in [6, 6.07) is 11.5. The highest BCUT2D eigenvalue weighted by atomic mass is 16.5. The van der Waals surface area contributed by atoms with Crippen LogP contribution in [-0.4, -0.2) is 34.0 Å². The first-order chi connectivity index (χ1) is 12.4. The fourth-order valence-corrected chi connectivity index (χ4v) is 3.66. The van der Waals surface area contributed by atoms with Crippen LogP contribution in [-0.2, 0) is 16.0 Å². The molecule has 2 aromatic rings. The monoisotopic (exact) mass is 355 g/mol. The third kappa shape index (κ3) is 3.49. The van der Waals surface area contributed by atoms with Gasteiger partial charge >= 0.3 is 0 Å². The first-order valence-corrected chi connectivity index (χ1v) is 9.04. The van der Waals surface area contributed by atoms with Crippen LogP contribution in [0.5, 0.6) is 0 Å². The van der Waals surface area contributed by atoms with E-state index in [1.54, 1.807) is 4.90 Å². The van der Waals surface area contributed by atoms with Gasteiger partial charge in [-0.2, -0.15) is 0 Å². The number of primary amides is 1. The molecule has 0 saturated carbocycles. The second-order valence-electron chi connectivity index (χ2n) is 7.36. The Hall–Kier alpha value is -2.63. The van der Waals surface area contributed by atoms with Crippen molar-refractivity contribution in [2.24, 2.45) is 11.7 Å². The largest absolute Gasteiger partial charge is 0.368 e. The fourth-order valence-electron chi connectivity index (χ4n) is 3.66. The summed E-state index contributed by atoms with van der Waals surface area (Å²) in [6.07, 6.45) is 1.96. The van der Waals surface area contributed by atoms with Gasteiger partial charge in [-0.3, -0.25) is 9.59 Å². The van der Waals surface area contributed by atoms with E-state index in [1.807, 2.05) is 50.2 Å². The van der Waals surface area contributed by atoms with E-state index in [2.05, 4.69) is 5.16 Å². The number of amides is 2. The third-order valence-electron chi connectivity index (χ3n) is 4.93. The summed E-state index contributed by atoms with van der Waals surface area (Å²) in [6.45, 7) is 4.53. The predicted molar refractivity (Wildman–Crippen MR) is 98.0 cm³/mol. The summed E-state index contributed by atoms with van der Waals surface area (Å²) in [4.78, 5) is 26.7. The number of hydrogen-bond donors (Lipinski definition) is 1. The van der Waals surface area contributed by atoms with Crippen LogP contribution in [0.1, 0.15) is 38.9 Å². The van der Waals surface area contributed by atoms with E-state index in [9.17, 15) is 9.59 Å². The molecule has 1 aliphatic rings. The van der Waals surface area contributed by atoms with Crippen molar-refractivity contribution in [2.75, 3.05) is 6.54 Å². The van der Waals surface area contributed by atoms with Crippen molar-refractivity contribution in [1.82, 2.24) is 10.1 Å². The molecule has 2 amide bonds. The molecule has 2 heterocycles. The molecular weight excluding hydrogens is 330 g/mol. The maximum absolute atomic E-state index is 12.7. The third-order valence-corrected chi connectivity index (χ3v) is 4.93. The van der Waals surface area contributed by atoms with Crippen molar-refractivity contribution in [3.05, 3.63) is 42.2 Å². The minimum Gasteiger partial charge on any atom is -0.368 e. The summed E-state index contributed by atoms with van der Waals surface area (Å²) >= 11 is 0. The summed E-state index contributed by atoms with van der Waals surface area (Å²) in [5.74, 6) is 0.277. The Balaban J connectivity index is 1.86. The number of benzene rings is 1. The Labute approximate surface area is 153 Å². The highest BCUT2D eigenvalue weighted by Crippen LogP contribution is 2.34. The Morgan fingerprint density at radius 3 is 2.69 bits per heavy atom. The molecule has 1 aliphatic heterocycles. The Bertz CT molecular complexity index is 785. The lowest BCUT2D eigenvalue weighted by Crippen LogP contribution is -2.57. The number of carbonyl (C=O) groups excluding carboxylic acids is 2. The Morgan fingerprint density at radius 2 is 2.04 bits per heavy atom. The summed E-state index contributed by atoms with van der Waals surface area (Å²) in [7, 11) is 0. The molecule has 1 atom stereocenters. The lowest BCUT2D eigenvalue weighted by atomic mass is 9.89. The second-order valence-corrected chi connectivity index (χ2v) is 7.36. The van der Waals surface area contributed by atoms with Gasteiger partial charge in [0.2, 0.25) is 11.8 Å². The van der Waals surface area contributed by atoms with Gasteiger partial charge in [0, 0.05) is 31.0 Å². The summed E-state index contributed by atoms with van der Waals surface area (Å²) in [5.41, 5.74) is 6.38. The molecule has 0 unspecified atom stereocenters. The zero-order valence-electron chi connectivity index (χ0n) is 15.3. The lowest BCUT2D eigenvalue weighted by molar-refractivity contribution is -0.144. The number of carbonyl (C=O) groups is 2. The van der Waals surface area contributed by atoms with Crippen molar-refractivity contribution < 1.29 is 14.1 Å². The summed E-state index contributed by atoms with van der Waals surface area (Å²) < 4.78 is 5.47. The zero-order valence-corrected chi connectivity index (χ0v) is 15.3. The normalized spacial score (nSPS) is 19.9. The lowest BCUT2D eigenvalue weighted by Gasteiger charge is -2.35. The molecule has 26 heavy (non-hydrogen) atoms. The number of likely N-dealkylation sites (tertiary alicyclic amines) is 1. The average molecular weight is 355 g/mol.